The van der Waals surface area contributed by atoms with Crippen LogP contribution in [0.4, 0.5) is 0 Å². The summed E-state index contributed by atoms with van der Waals surface area (Å²) in [6, 6.07) is -0.372. The van der Waals surface area contributed by atoms with E-state index >= 15 is 0 Å². The predicted molar refractivity (Wildman–Crippen MR) is 88.9 cm³/mol. The number of nitrogens with two attached hydrogens (primary N) is 1. The number of hydrogen-bond donors (Lipinski definition) is 3. The lowest BCUT2D eigenvalue weighted by atomic mass is 10.0. The van der Waals surface area contributed by atoms with Crippen LogP contribution in [0.3, 0.4) is 0 Å². The van der Waals surface area contributed by atoms with Gasteiger partial charge in [0.05, 0.1) is 6.04 Å². The Morgan fingerprint density at radius 1 is 1.05 bits per heavy atom. The average Bonchev–Trinajstić information content (AvgIpc) is 2.41. The second-order valence-corrected chi connectivity index (χ2v) is 6.33. The first-order chi connectivity index (χ1) is 9.91. The predicted octanol–water partition coefficient (Wildman–Crippen LogP) is 3.47. The third-order valence-electron chi connectivity index (χ3n) is 3.96. The molecular formula is C17H36N2O2. The van der Waals surface area contributed by atoms with Gasteiger partial charge >= 0.3 is 0 Å². The van der Waals surface area contributed by atoms with Crippen LogP contribution in [0.25, 0.3) is 0 Å². The first-order valence-corrected chi connectivity index (χ1v) is 8.72. The van der Waals surface area contributed by atoms with Crippen molar-refractivity contribution < 1.29 is 9.90 Å². The van der Waals surface area contributed by atoms with Gasteiger partial charge in [-0.2, -0.15) is 0 Å². The molecule has 0 aliphatic rings. The van der Waals surface area contributed by atoms with Crippen LogP contribution in [0, 0.1) is 0 Å². The zero-order valence-electron chi connectivity index (χ0n) is 14.3. The van der Waals surface area contributed by atoms with Crippen molar-refractivity contribution in [2.45, 2.75) is 103 Å². The fraction of sp³-hybridized carbons (Fsp3) is 0.941. The topological polar surface area (TPSA) is 75.4 Å². The lowest BCUT2D eigenvalue weighted by Gasteiger charge is -2.28. The van der Waals surface area contributed by atoms with Gasteiger partial charge in [-0.05, 0) is 19.8 Å². The lowest BCUT2D eigenvalue weighted by Crippen LogP contribution is -2.56. The molecule has 0 bridgehead atoms. The highest BCUT2D eigenvalue weighted by molar-refractivity contribution is 5.76. The molecular weight excluding hydrogens is 264 g/mol. The Morgan fingerprint density at radius 3 is 1.95 bits per heavy atom. The summed E-state index contributed by atoms with van der Waals surface area (Å²) >= 11 is 0. The van der Waals surface area contributed by atoms with Gasteiger partial charge in [0.15, 0.2) is 0 Å². The Kier molecular flexibility index (Phi) is 11.6. The Bertz CT molecular complexity index is 262. The van der Waals surface area contributed by atoms with Gasteiger partial charge < -0.3 is 16.2 Å². The summed E-state index contributed by atoms with van der Waals surface area (Å²) in [5.41, 5.74) is 4.28. The lowest BCUT2D eigenvalue weighted by molar-refractivity contribution is -0.124. The molecule has 4 nitrogen and oxygen atoms in total. The van der Waals surface area contributed by atoms with E-state index < -0.39 is 5.72 Å². The molecule has 0 aromatic heterocycles. The van der Waals surface area contributed by atoms with Crippen molar-refractivity contribution in [1.82, 2.24) is 5.32 Å². The van der Waals surface area contributed by atoms with Crippen molar-refractivity contribution in [2.24, 2.45) is 5.73 Å². The van der Waals surface area contributed by atoms with Crippen LogP contribution in [0.5, 0.6) is 0 Å². The summed E-state index contributed by atoms with van der Waals surface area (Å²) in [4.78, 5) is 11.8. The monoisotopic (exact) mass is 300 g/mol. The SMILES string of the molecule is CCCCCCCCCCCC(=O)NC(CC)C(C)(N)O. The summed E-state index contributed by atoms with van der Waals surface area (Å²) in [6.45, 7) is 5.67. The van der Waals surface area contributed by atoms with E-state index in [9.17, 15) is 9.90 Å². The van der Waals surface area contributed by atoms with Crippen LogP contribution in [0.1, 0.15) is 91.4 Å². The van der Waals surface area contributed by atoms with Crippen molar-refractivity contribution >= 4 is 5.91 Å². The van der Waals surface area contributed by atoms with Crippen molar-refractivity contribution in [1.29, 1.82) is 0 Å². The Hall–Kier alpha value is -0.610. The molecule has 126 valence electrons. The first kappa shape index (κ1) is 20.4. The van der Waals surface area contributed by atoms with Gasteiger partial charge in [0.1, 0.15) is 5.72 Å². The highest BCUT2D eigenvalue weighted by Crippen LogP contribution is 2.11. The number of unbranched alkanes of at least 4 members (excludes halogenated alkanes) is 8. The van der Waals surface area contributed by atoms with Crippen molar-refractivity contribution in [2.75, 3.05) is 0 Å². The molecule has 4 N–H and O–H groups in total. The molecule has 0 aliphatic heterocycles. The van der Waals surface area contributed by atoms with Crippen molar-refractivity contribution in [3.8, 4) is 0 Å². The van der Waals surface area contributed by atoms with Crippen LogP contribution in [-0.4, -0.2) is 22.8 Å². The minimum Gasteiger partial charge on any atom is -0.374 e. The van der Waals surface area contributed by atoms with Crippen LogP contribution < -0.4 is 11.1 Å². The Balaban J connectivity index is 3.54. The number of amides is 1. The molecule has 0 rings (SSSR count). The molecule has 0 heterocycles. The van der Waals surface area contributed by atoms with Gasteiger partial charge in [0.25, 0.3) is 0 Å². The molecule has 0 fully saturated rings. The van der Waals surface area contributed by atoms with E-state index in [1.165, 1.54) is 51.9 Å². The highest BCUT2D eigenvalue weighted by Gasteiger charge is 2.26. The molecule has 21 heavy (non-hydrogen) atoms. The van der Waals surface area contributed by atoms with E-state index in [-0.39, 0.29) is 11.9 Å². The van der Waals surface area contributed by atoms with E-state index in [1.807, 2.05) is 6.92 Å². The molecule has 0 saturated carbocycles. The van der Waals surface area contributed by atoms with E-state index in [4.69, 9.17) is 5.73 Å². The third-order valence-corrected chi connectivity index (χ3v) is 3.96. The van der Waals surface area contributed by atoms with Gasteiger partial charge in [-0.1, -0.05) is 65.2 Å². The summed E-state index contributed by atoms with van der Waals surface area (Å²) in [5, 5.41) is 12.5. The third kappa shape index (κ3) is 11.7. The number of carbonyl (C=O) groups is 1. The van der Waals surface area contributed by atoms with Crippen molar-refractivity contribution in [3.63, 3.8) is 0 Å². The molecule has 0 saturated heterocycles. The second-order valence-electron chi connectivity index (χ2n) is 6.33. The second kappa shape index (κ2) is 12.0. The fourth-order valence-corrected chi connectivity index (χ4v) is 2.52. The molecule has 0 spiro atoms. The van der Waals surface area contributed by atoms with E-state index in [2.05, 4.69) is 12.2 Å². The van der Waals surface area contributed by atoms with Crippen LogP contribution in [0.15, 0.2) is 0 Å². The van der Waals surface area contributed by atoms with E-state index in [0.29, 0.717) is 12.8 Å². The van der Waals surface area contributed by atoms with Gasteiger partial charge in [-0.15, -0.1) is 0 Å². The summed E-state index contributed by atoms with van der Waals surface area (Å²) < 4.78 is 0. The number of carbonyl (C=O) groups excluding carboxylic acids is 1. The quantitative estimate of drug-likeness (QED) is 0.360. The molecule has 0 aromatic rings. The van der Waals surface area contributed by atoms with E-state index in [0.717, 1.165) is 12.8 Å². The Morgan fingerprint density at radius 2 is 1.52 bits per heavy atom. The summed E-state index contributed by atoms with van der Waals surface area (Å²) in [5.74, 6) is -0.00415. The van der Waals surface area contributed by atoms with Gasteiger partial charge in [0, 0.05) is 6.42 Å². The molecule has 0 radical (unpaired) electrons. The first-order valence-electron chi connectivity index (χ1n) is 8.72. The maximum absolute atomic E-state index is 11.8. The normalized spacial score (nSPS) is 15.5. The molecule has 4 heteroatoms. The smallest absolute Gasteiger partial charge is 0.220 e. The van der Waals surface area contributed by atoms with Crippen LogP contribution in [0.2, 0.25) is 0 Å². The van der Waals surface area contributed by atoms with Gasteiger partial charge in [0.2, 0.25) is 5.91 Å². The van der Waals surface area contributed by atoms with Gasteiger partial charge in [-0.25, -0.2) is 0 Å². The molecule has 0 aromatic carbocycles. The molecule has 1 amide bonds. The molecule has 0 aliphatic carbocycles. The Labute approximate surface area is 130 Å². The minimum atomic E-state index is -1.34. The molecule has 2 unspecified atom stereocenters. The summed E-state index contributed by atoms with van der Waals surface area (Å²) in [7, 11) is 0. The largest absolute Gasteiger partial charge is 0.374 e. The standard InChI is InChI=1S/C17H36N2O2/c1-4-6-7-8-9-10-11-12-13-14-16(20)19-15(5-2)17(3,18)21/h15,21H,4-14,18H2,1-3H3,(H,19,20). The zero-order valence-corrected chi connectivity index (χ0v) is 14.3. The maximum Gasteiger partial charge on any atom is 0.220 e. The van der Waals surface area contributed by atoms with Crippen LogP contribution in [-0.2, 0) is 4.79 Å². The van der Waals surface area contributed by atoms with E-state index in [1.54, 1.807) is 0 Å². The van der Waals surface area contributed by atoms with Crippen LogP contribution >= 0.6 is 0 Å². The zero-order chi connectivity index (χ0) is 16.1. The summed E-state index contributed by atoms with van der Waals surface area (Å²) in [6.07, 6.45) is 12.4. The van der Waals surface area contributed by atoms with Crippen molar-refractivity contribution in [3.05, 3.63) is 0 Å². The number of nitrogens with one attached hydrogen (secondary N) is 1. The number of aliphatic hydroxyl groups is 1. The minimum absolute atomic E-state index is 0.00415. The fourth-order valence-electron chi connectivity index (χ4n) is 2.52. The molecule has 2 atom stereocenters. The van der Waals surface area contributed by atoms with Gasteiger partial charge in [-0.3, -0.25) is 4.79 Å². The number of rotatable bonds is 13. The maximum atomic E-state index is 11.8. The highest BCUT2D eigenvalue weighted by atomic mass is 16.3. The average molecular weight is 300 g/mol. The number of hydrogen-bond acceptors (Lipinski definition) is 3.